The van der Waals surface area contributed by atoms with E-state index in [-0.39, 0.29) is 23.7 Å². The van der Waals surface area contributed by atoms with E-state index in [2.05, 4.69) is 23.6 Å². The zero-order chi connectivity index (χ0) is 21.6. The Kier molecular flexibility index (Phi) is 7.11. The smallest absolute Gasteiger partial charge is 0.224 e. The Morgan fingerprint density at radius 1 is 1.10 bits per heavy atom. The Labute approximate surface area is 178 Å². The van der Waals surface area contributed by atoms with Crippen molar-refractivity contribution in [1.82, 2.24) is 5.32 Å². The molecule has 2 N–H and O–H groups in total. The largest absolute Gasteiger partial charge is 0.496 e. The molecule has 0 atom stereocenters. The van der Waals surface area contributed by atoms with Gasteiger partial charge in [-0.05, 0) is 43.5 Å². The highest BCUT2D eigenvalue weighted by molar-refractivity contribution is 5.88. The zero-order valence-corrected chi connectivity index (χ0v) is 17.9. The molecule has 2 aromatic rings. The molecule has 0 bridgehead atoms. The van der Waals surface area contributed by atoms with Crippen molar-refractivity contribution in [3.05, 3.63) is 59.2 Å². The van der Waals surface area contributed by atoms with E-state index >= 15 is 0 Å². The highest BCUT2D eigenvalue weighted by atomic mass is 16.5. The summed E-state index contributed by atoms with van der Waals surface area (Å²) in [5.41, 5.74) is 3.71. The van der Waals surface area contributed by atoms with Crippen LogP contribution in [0, 0.1) is 6.92 Å². The molecule has 1 aliphatic rings. The first-order chi connectivity index (χ1) is 14.4. The monoisotopic (exact) mass is 410 g/mol. The van der Waals surface area contributed by atoms with E-state index in [4.69, 9.17) is 9.47 Å². The number of nitrogens with one attached hydrogen (secondary N) is 2. The van der Waals surface area contributed by atoms with E-state index in [1.54, 1.807) is 7.11 Å². The van der Waals surface area contributed by atoms with Gasteiger partial charge in [0.2, 0.25) is 11.8 Å². The third kappa shape index (κ3) is 5.39. The van der Waals surface area contributed by atoms with Gasteiger partial charge in [-0.2, -0.15) is 0 Å². The van der Waals surface area contributed by atoms with Crippen LogP contribution in [-0.4, -0.2) is 38.7 Å². The molecule has 1 saturated heterocycles. The van der Waals surface area contributed by atoms with Gasteiger partial charge in [0.25, 0.3) is 0 Å². The lowest BCUT2D eigenvalue weighted by Crippen LogP contribution is -2.45. The van der Waals surface area contributed by atoms with Crippen molar-refractivity contribution in [2.45, 2.75) is 38.5 Å². The Morgan fingerprint density at radius 2 is 1.80 bits per heavy atom. The second-order valence-electron chi connectivity index (χ2n) is 7.93. The van der Waals surface area contributed by atoms with Gasteiger partial charge in [0, 0.05) is 43.3 Å². The molecule has 0 unspecified atom stereocenters. The molecule has 3 rings (SSSR count). The number of amides is 2. The average molecular weight is 411 g/mol. The standard InChI is InChI=1S/C24H30N2O4/c1-17-4-9-22(29-3)21(14-17)24(10-12-30-13-11-24)16-25-23(28)15-19-5-7-20(8-6-19)26-18(2)27/h4-9,14H,10-13,15-16H2,1-3H3,(H,25,28)(H,26,27). The fraction of sp³-hybridized carbons (Fsp3) is 0.417. The molecule has 0 aromatic heterocycles. The second-order valence-corrected chi connectivity index (χ2v) is 7.93. The molecule has 0 radical (unpaired) electrons. The maximum Gasteiger partial charge on any atom is 0.224 e. The van der Waals surface area contributed by atoms with E-state index in [9.17, 15) is 9.59 Å². The normalized spacial score (nSPS) is 15.3. The molecule has 0 saturated carbocycles. The summed E-state index contributed by atoms with van der Waals surface area (Å²) in [6, 6.07) is 13.5. The van der Waals surface area contributed by atoms with Crippen LogP contribution in [0.1, 0.15) is 36.5 Å². The summed E-state index contributed by atoms with van der Waals surface area (Å²) in [7, 11) is 1.68. The van der Waals surface area contributed by atoms with Crippen LogP contribution in [0.5, 0.6) is 5.75 Å². The number of methoxy groups -OCH3 is 1. The van der Waals surface area contributed by atoms with Crippen LogP contribution >= 0.6 is 0 Å². The number of carbonyl (C=O) groups is 2. The quantitative estimate of drug-likeness (QED) is 0.734. The van der Waals surface area contributed by atoms with Crippen molar-refractivity contribution in [2.75, 3.05) is 32.2 Å². The van der Waals surface area contributed by atoms with Crippen LogP contribution in [0.4, 0.5) is 5.69 Å². The molecular formula is C24H30N2O4. The third-order valence-electron chi connectivity index (χ3n) is 5.64. The van der Waals surface area contributed by atoms with Gasteiger partial charge >= 0.3 is 0 Å². The van der Waals surface area contributed by atoms with Crippen LogP contribution < -0.4 is 15.4 Å². The second kappa shape index (κ2) is 9.76. The Morgan fingerprint density at radius 3 is 2.43 bits per heavy atom. The van der Waals surface area contributed by atoms with E-state index in [0.29, 0.717) is 19.8 Å². The van der Waals surface area contributed by atoms with Gasteiger partial charge in [-0.15, -0.1) is 0 Å². The fourth-order valence-corrected chi connectivity index (χ4v) is 3.96. The molecule has 1 heterocycles. The van der Waals surface area contributed by atoms with Crippen molar-refractivity contribution in [3.63, 3.8) is 0 Å². The number of anilines is 1. The van der Waals surface area contributed by atoms with Crippen LogP contribution in [-0.2, 0) is 26.2 Å². The minimum absolute atomic E-state index is 0.0280. The average Bonchev–Trinajstić information content (AvgIpc) is 2.74. The highest BCUT2D eigenvalue weighted by Gasteiger charge is 2.37. The highest BCUT2D eigenvalue weighted by Crippen LogP contribution is 2.40. The van der Waals surface area contributed by atoms with E-state index in [1.165, 1.54) is 12.5 Å². The van der Waals surface area contributed by atoms with Crippen LogP contribution in [0.3, 0.4) is 0 Å². The molecule has 1 aliphatic heterocycles. The number of benzene rings is 2. The first kappa shape index (κ1) is 21.8. The van der Waals surface area contributed by atoms with Crippen LogP contribution in [0.2, 0.25) is 0 Å². The lowest BCUT2D eigenvalue weighted by Gasteiger charge is -2.39. The first-order valence-electron chi connectivity index (χ1n) is 10.3. The van der Waals surface area contributed by atoms with Gasteiger partial charge in [-0.25, -0.2) is 0 Å². The van der Waals surface area contributed by atoms with Crippen LogP contribution in [0.15, 0.2) is 42.5 Å². The van der Waals surface area contributed by atoms with Gasteiger partial charge in [-0.3, -0.25) is 9.59 Å². The molecule has 2 aromatic carbocycles. The van der Waals surface area contributed by atoms with Crippen molar-refractivity contribution < 1.29 is 19.1 Å². The van der Waals surface area contributed by atoms with Crippen molar-refractivity contribution >= 4 is 17.5 Å². The Hall–Kier alpha value is -2.86. The summed E-state index contributed by atoms with van der Waals surface area (Å²) in [5, 5.41) is 5.87. The first-order valence-corrected chi connectivity index (χ1v) is 10.3. The number of rotatable bonds is 7. The molecule has 1 fully saturated rings. The summed E-state index contributed by atoms with van der Waals surface area (Å²) < 4.78 is 11.2. The van der Waals surface area contributed by atoms with Gasteiger partial charge in [0.05, 0.1) is 13.5 Å². The minimum Gasteiger partial charge on any atom is -0.496 e. The zero-order valence-electron chi connectivity index (χ0n) is 17.9. The summed E-state index contributed by atoms with van der Waals surface area (Å²) >= 11 is 0. The summed E-state index contributed by atoms with van der Waals surface area (Å²) in [6.07, 6.45) is 1.95. The molecule has 0 aliphatic carbocycles. The van der Waals surface area contributed by atoms with E-state index in [0.717, 1.165) is 35.4 Å². The Balaban J connectivity index is 1.70. The number of aryl methyl sites for hydroxylation is 1. The topological polar surface area (TPSA) is 76.7 Å². The molecule has 160 valence electrons. The minimum atomic E-state index is -0.208. The molecule has 2 amide bonds. The van der Waals surface area contributed by atoms with E-state index < -0.39 is 0 Å². The summed E-state index contributed by atoms with van der Waals surface area (Å²) in [6.45, 7) is 5.41. The van der Waals surface area contributed by atoms with Crippen molar-refractivity contribution in [3.8, 4) is 5.75 Å². The number of hydrogen-bond acceptors (Lipinski definition) is 4. The molecule has 6 heteroatoms. The number of carbonyl (C=O) groups excluding carboxylic acids is 2. The predicted molar refractivity (Wildman–Crippen MR) is 117 cm³/mol. The molecule has 30 heavy (non-hydrogen) atoms. The van der Waals surface area contributed by atoms with Crippen molar-refractivity contribution in [2.24, 2.45) is 0 Å². The van der Waals surface area contributed by atoms with Crippen molar-refractivity contribution in [1.29, 1.82) is 0 Å². The van der Waals surface area contributed by atoms with Crippen LogP contribution in [0.25, 0.3) is 0 Å². The third-order valence-corrected chi connectivity index (χ3v) is 5.64. The summed E-state index contributed by atoms with van der Waals surface area (Å²) in [4.78, 5) is 23.8. The van der Waals surface area contributed by atoms with E-state index in [1.807, 2.05) is 36.4 Å². The Bertz CT molecular complexity index is 887. The van der Waals surface area contributed by atoms with Gasteiger partial charge in [0.1, 0.15) is 5.75 Å². The molecule has 0 spiro atoms. The van der Waals surface area contributed by atoms with Gasteiger partial charge < -0.3 is 20.1 Å². The SMILES string of the molecule is COc1ccc(C)cc1C1(CNC(=O)Cc2ccc(NC(C)=O)cc2)CCOCC1. The lowest BCUT2D eigenvalue weighted by atomic mass is 9.73. The number of ether oxygens (including phenoxy) is 2. The van der Waals surface area contributed by atoms with Gasteiger partial charge in [0.15, 0.2) is 0 Å². The summed E-state index contributed by atoms with van der Waals surface area (Å²) in [5.74, 6) is 0.707. The maximum absolute atomic E-state index is 12.7. The molecule has 6 nitrogen and oxygen atoms in total. The predicted octanol–water partition coefficient (Wildman–Crippen LogP) is 3.37. The fourth-order valence-electron chi connectivity index (χ4n) is 3.96. The number of hydrogen-bond donors (Lipinski definition) is 2. The maximum atomic E-state index is 12.7. The lowest BCUT2D eigenvalue weighted by molar-refractivity contribution is -0.121. The van der Waals surface area contributed by atoms with Gasteiger partial charge in [-0.1, -0.05) is 29.8 Å². The molecular weight excluding hydrogens is 380 g/mol.